The van der Waals surface area contributed by atoms with Crippen molar-refractivity contribution in [1.29, 1.82) is 0 Å². The smallest absolute Gasteiger partial charge is 0.256 e. The van der Waals surface area contributed by atoms with Crippen molar-refractivity contribution in [1.82, 2.24) is 19.7 Å². The zero-order valence-electron chi connectivity index (χ0n) is 20.5. The summed E-state index contributed by atoms with van der Waals surface area (Å²) in [6.07, 6.45) is 3.79. The van der Waals surface area contributed by atoms with Crippen LogP contribution in [0.5, 0.6) is 0 Å². The number of amides is 2. The third-order valence-electron chi connectivity index (χ3n) is 6.40. The normalized spacial score (nSPS) is 13.7. The number of pyridine rings is 1. The Balaban J connectivity index is 1.48. The summed E-state index contributed by atoms with van der Waals surface area (Å²) in [7, 11) is 0. The van der Waals surface area contributed by atoms with Crippen molar-refractivity contribution in [2.24, 2.45) is 0 Å². The number of benzene rings is 1. The Kier molecular flexibility index (Phi) is 5.88. The first-order chi connectivity index (χ1) is 16.8. The third-order valence-corrected chi connectivity index (χ3v) is 6.40. The first-order valence-electron chi connectivity index (χ1n) is 12.0. The van der Waals surface area contributed by atoms with Gasteiger partial charge in [-0.1, -0.05) is 0 Å². The second kappa shape index (κ2) is 9.02. The minimum atomic E-state index is -0.265. The number of nitrogens with zero attached hydrogens (tertiary/aromatic N) is 4. The van der Waals surface area contributed by atoms with Crippen molar-refractivity contribution >= 4 is 28.5 Å². The van der Waals surface area contributed by atoms with Crippen LogP contribution in [0.15, 0.2) is 47.0 Å². The molecule has 3 aromatic heterocycles. The lowest BCUT2D eigenvalue weighted by molar-refractivity contribution is 0.0792. The molecule has 0 radical (unpaired) electrons. The van der Waals surface area contributed by atoms with Gasteiger partial charge in [0.1, 0.15) is 11.5 Å². The van der Waals surface area contributed by atoms with Crippen LogP contribution in [0, 0.1) is 13.8 Å². The van der Waals surface area contributed by atoms with Gasteiger partial charge in [0, 0.05) is 35.9 Å². The molecule has 0 unspecified atom stereocenters. The van der Waals surface area contributed by atoms with Gasteiger partial charge in [0.15, 0.2) is 5.65 Å². The van der Waals surface area contributed by atoms with Crippen LogP contribution >= 0.6 is 0 Å². The Bertz CT molecular complexity index is 1410. The van der Waals surface area contributed by atoms with E-state index in [2.05, 4.69) is 10.4 Å². The van der Waals surface area contributed by atoms with Crippen molar-refractivity contribution < 1.29 is 14.0 Å². The molecule has 35 heavy (non-hydrogen) atoms. The molecular weight excluding hydrogens is 442 g/mol. The summed E-state index contributed by atoms with van der Waals surface area (Å²) in [5.41, 5.74) is 3.87. The van der Waals surface area contributed by atoms with Gasteiger partial charge in [0.25, 0.3) is 11.8 Å². The third kappa shape index (κ3) is 4.32. The summed E-state index contributed by atoms with van der Waals surface area (Å²) in [6.45, 7) is 9.43. The molecule has 4 heterocycles. The predicted octanol–water partition coefficient (Wildman–Crippen LogP) is 5.38. The fourth-order valence-corrected chi connectivity index (χ4v) is 4.60. The van der Waals surface area contributed by atoms with Crippen LogP contribution in [-0.4, -0.2) is 44.6 Å². The van der Waals surface area contributed by atoms with E-state index in [1.54, 1.807) is 36.5 Å². The van der Waals surface area contributed by atoms with Gasteiger partial charge in [0.2, 0.25) is 0 Å². The lowest BCUT2D eigenvalue weighted by Gasteiger charge is -2.15. The summed E-state index contributed by atoms with van der Waals surface area (Å²) in [5.74, 6) is 1.30. The number of fused-ring (bicyclic) bond motifs is 1. The molecule has 4 aromatic rings. The van der Waals surface area contributed by atoms with Crippen molar-refractivity contribution in [2.45, 2.75) is 46.6 Å². The van der Waals surface area contributed by atoms with Crippen LogP contribution in [0.3, 0.4) is 0 Å². The van der Waals surface area contributed by atoms with Gasteiger partial charge < -0.3 is 14.6 Å². The molecular formula is C27H29N5O3. The molecule has 1 fully saturated rings. The second-order valence-electron chi connectivity index (χ2n) is 9.33. The van der Waals surface area contributed by atoms with Gasteiger partial charge in [0.05, 0.1) is 22.8 Å². The summed E-state index contributed by atoms with van der Waals surface area (Å²) >= 11 is 0. The number of anilines is 1. The average Bonchev–Trinajstić information content (AvgIpc) is 3.58. The molecule has 0 spiro atoms. The van der Waals surface area contributed by atoms with Crippen molar-refractivity contribution in [3.05, 3.63) is 65.2 Å². The van der Waals surface area contributed by atoms with Crippen LogP contribution < -0.4 is 5.32 Å². The molecule has 1 saturated heterocycles. The van der Waals surface area contributed by atoms with Gasteiger partial charge in [-0.25, -0.2) is 9.67 Å². The van der Waals surface area contributed by atoms with Crippen LogP contribution in [-0.2, 0) is 0 Å². The van der Waals surface area contributed by atoms with Crippen LogP contribution in [0.1, 0.15) is 65.0 Å². The highest BCUT2D eigenvalue weighted by Gasteiger charge is 2.22. The minimum Gasteiger partial charge on any atom is -0.466 e. The highest BCUT2D eigenvalue weighted by molar-refractivity contribution is 6.12. The second-order valence-corrected chi connectivity index (χ2v) is 9.33. The fraction of sp³-hybridized carbons (Fsp3) is 0.333. The Labute approximate surface area is 203 Å². The van der Waals surface area contributed by atoms with E-state index >= 15 is 0 Å². The van der Waals surface area contributed by atoms with Crippen LogP contribution in [0.2, 0.25) is 0 Å². The Morgan fingerprint density at radius 1 is 1.06 bits per heavy atom. The number of hydrogen-bond donors (Lipinski definition) is 1. The highest BCUT2D eigenvalue weighted by Crippen LogP contribution is 2.30. The van der Waals surface area contributed by atoms with E-state index in [1.165, 1.54) is 0 Å². The fourth-order valence-electron chi connectivity index (χ4n) is 4.60. The van der Waals surface area contributed by atoms with E-state index in [0.717, 1.165) is 43.0 Å². The molecule has 0 atom stereocenters. The number of furan rings is 1. The first-order valence-corrected chi connectivity index (χ1v) is 12.0. The lowest BCUT2D eigenvalue weighted by atomic mass is 10.1. The van der Waals surface area contributed by atoms with E-state index in [-0.39, 0.29) is 17.9 Å². The van der Waals surface area contributed by atoms with E-state index in [0.29, 0.717) is 33.5 Å². The molecule has 2 amide bonds. The molecule has 180 valence electrons. The molecule has 0 aliphatic carbocycles. The summed E-state index contributed by atoms with van der Waals surface area (Å²) in [4.78, 5) is 32.8. The topological polar surface area (TPSA) is 93.3 Å². The van der Waals surface area contributed by atoms with E-state index in [4.69, 9.17) is 9.40 Å². The van der Waals surface area contributed by atoms with Crippen molar-refractivity contribution in [2.75, 3.05) is 18.4 Å². The van der Waals surface area contributed by atoms with Crippen molar-refractivity contribution in [3.63, 3.8) is 0 Å². The van der Waals surface area contributed by atoms with Crippen LogP contribution in [0.4, 0.5) is 5.69 Å². The highest BCUT2D eigenvalue weighted by atomic mass is 16.3. The standard InChI is InChI=1S/C27H29N5O3/c1-16(2)32-25-23(15-28-32)22(14-24(30-25)21-13-17(3)35-18(21)4)26(33)29-20-9-7-19(8-10-20)27(34)31-11-5-6-12-31/h7-10,13-16H,5-6,11-12H2,1-4H3,(H,29,33). The van der Waals surface area contributed by atoms with E-state index in [9.17, 15) is 9.59 Å². The molecule has 1 aromatic carbocycles. The average molecular weight is 472 g/mol. The monoisotopic (exact) mass is 471 g/mol. The van der Waals surface area contributed by atoms with Gasteiger partial charge >= 0.3 is 0 Å². The number of rotatable bonds is 5. The Hall–Kier alpha value is -3.94. The van der Waals surface area contributed by atoms with Gasteiger partial charge in [-0.05, 0) is 76.9 Å². The number of nitrogens with one attached hydrogen (secondary N) is 1. The number of hydrogen-bond acceptors (Lipinski definition) is 5. The number of carbonyl (C=O) groups is 2. The summed E-state index contributed by atoms with van der Waals surface area (Å²) < 4.78 is 7.53. The molecule has 8 heteroatoms. The number of aryl methyl sites for hydroxylation is 2. The predicted molar refractivity (Wildman–Crippen MR) is 135 cm³/mol. The first kappa shape index (κ1) is 22.8. The maximum absolute atomic E-state index is 13.4. The Morgan fingerprint density at radius 3 is 2.40 bits per heavy atom. The number of aromatic nitrogens is 3. The summed E-state index contributed by atoms with van der Waals surface area (Å²) in [6, 6.07) is 10.8. The van der Waals surface area contributed by atoms with Gasteiger partial charge in [-0.15, -0.1) is 0 Å². The quantitative estimate of drug-likeness (QED) is 0.422. The molecule has 0 bridgehead atoms. The summed E-state index contributed by atoms with van der Waals surface area (Å²) in [5, 5.41) is 8.13. The van der Waals surface area contributed by atoms with E-state index in [1.807, 2.05) is 43.3 Å². The zero-order chi connectivity index (χ0) is 24.7. The van der Waals surface area contributed by atoms with Gasteiger partial charge in [-0.3, -0.25) is 9.59 Å². The molecule has 8 nitrogen and oxygen atoms in total. The number of likely N-dealkylation sites (tertiary alicyclic amines) is 1. The van der Waals surface area contributed by atoms with Crippen LogP contribution in [0.25, 0.3) is 22.3 Å². The molecule has 0 saturated carbocycles. The number of carbonyl (C=O) groups excluding carboxylic acids is 2. The van der Waals surface area contributed by atoms with Gasteiger partial charge in [-0.2, -0.15) is 5.10 Å². The molecule has 1 N–H and O–H groups in total. The van der Waals surface area contributed by atoms with E-state index < -0.39 is 0 Å². The zero-order valence-corrected chi connectivity index (χ0v) is 20.5. The molecule has 5 rings (SSSR count). The maximum atomic E-state index is 13.4. The largest absolute Gasteiger partial charge is 0.466 e. The molecule has 1 aliphatic rings. The Morgan fingerprint density at radius 2 is 1.77 bits per heavy atom. The van der Waals surface area contributed by atoms with Crippen molar-refractivity contribution in [3.8, 4) is 11.3 Å². The SMILES string of the molecule is Cc1cc(-c2cc(C(=O)Nc3ccc(C(=O)N4CCCC4)cc3)c3cnn(C(C)C)c3n2)c(C)o1. The minimum absolute atomic E-state index is 0.0349. The molecule has 1 aliphatic heterocycles. The lowest BCUT2D eigenvalue weighted by Crippen LogP contribution is -2.27. The maximum Gasteiger partial charge on any atom is 0.256 e.